The van der Waals surface area contributed by atoms with Gasteiger partial charge in [-0.25, -0.2) is 8.78 Å². The second-order valence-electron chi connectivity index (χ2n) is 4.64. The van der Waals surface area contributed by atoms with Gasteiger partial charge in [-0.15, -0.1) is 0 Å². The molecule has 0 N–H and O–H groups in total. The fraction of sp³-hybridized carbons (Fsp3) is 0.286. The molecule has 0 aliphatic heterocycles. The van der Waals surface area contributed by atoms with Gasteiger partial charge in [0.1, 0.15) is 17.4 Å². The summed E-state index contributed by atoms with van der Waals surface area (Å²) >= 11 is 3.38. The van der Waals surface area contributed by atoms with E-state index in [-0.39, 0.29) is 18.6 Å². The van der Waals surface area contributed by atoms with Crippen molar-refractivity contribution >= 4 is 21.7 Å². The maximum Gasteiger partial charge on any atom is 0.143 e. The average molecular weight is 343 g/mol. The summed E-state index contributed by atoms with van der Waals surface area (Å²) in [7, 11) is 1.75. The summed E-state index contributed by atoms with van der Waals surface area (Å²) in [5, 5.41) is 4.20. The van der Waals surface area contributed by atoms with Crippen molar-refractivity contribution < 1.29 is 13.6 Å². The molecule has 0 saturated carbocycles. The molecule has 106 valence electrons. The molecule has 0 radical (unpaired) electrons. The van der Waals surface area contributed by atoms with E-state index in [4.69, 9.17) is 0 Å². The average Bonchev–Trinajstić information content (AvgIpc) is 2.54. The highest BCUT2D eigenvalue weighted by Gasteiger charge is 2.15. The van der Waals surface area contributed by atoms with Gasteiger partial charge in [-0.1, -0.05) is 0 Å². The minimum atomic E-state index is -0.676. The van der Waals surface area contributed by atoms with Gasteiger partial charge in [0, 0.05) is 26.0 Å². The van der Waals surface area contributed by atoms with Gasteiger partial charge in [0.15, 0.2) is 0 Å². The van der Waals surface area contributed by atoms with Gasteiger partial charge in [-0.05, 0) is 40.5 Å². The van der Waals surface area contributed by atoms with Gasteiger partial charge in [-0.2, -0.15) is 5.10 Å². The van der Waals surface area contributed by atoms with E-state index in [2.05, 4.69) is 21.0 Å². The first kappa shape index (κ1) is 14.8. The summed E-state index contributed by atoms with van der Waals surface area (Å²) in [5.74, 6) is -1.48. The van der Waals surface area contributed by atoms with Crippen molar-refractivity contribution in [2.75, 3.05) is 0 Å². The summed E-state index contributed by atoms with van der Waals surface area (Å²) < 4.78 is 28.5. The number of benzene rings is 1. The van der Waals surface area contributed by atoms with E-state index < -0.39 is 11.6 Å². The van der Waals surface area contributed by atoms with Gasteiger partial charge in [-0.3, -0.25) is 9.48 Å². The van der Waals surface area contributed by atoms with Crippen LogP contribution in [0.3, 0.4) is 0 Å². The fourth-order valence-electron chi connectivity index (χ4n) is 2.06. The number of carbonyl (C=O) groups is 1. The van der Waals surface area contributed by atoms with Crippen LogP contribution >= 0.6 is 15.9 Å². The van der Waals surface area contributed by atoms with Crippen LogP contribution in [0.4, 0.5) is 8.78 Å². The monoisotopic (exact) mass is 342 g/mol. The number of hydrogen-bond acceptors (Lipinski definition) is 2. The number of rotatable bonds is 4. The third kappa shape index (κ3) is 3.30. The molecule has 0 aliphatic rings. The molecule has 0 saturated heterocycles. The van der Waals surface area contributed by atoms with E-state index in [1.54, 1.807) is 11.7 Å². The van der Waals surface area contributed by atoms with Crippen molar-refractivity contribution in [2.45, 2.75) is 19.8 Å². The van der Waals surface area contributed by atoms with Crippen LogP contribution in [0.15, 0.2) is 22.7 Å². The van der Waals surface area contributed by atoms with Crippen molar-refractivity contribution in [3.63, 3.8) is 0 Å². The van der Waals surface area contributed by atoms with E-state index >= 15 is 0 Å². The van der Waals surface area contributed by atoms with Gasteiger partial charge in [0.2, 0.25) is 0 Å². The Hall–Kier alpha value is -1.56. The standard InChI is InChI=1S/C14H13BrF2N2O/c1-8-14(15)13(19(2)18-8)7-12(20)5-9-3-10(16)6-11(17)4-9/h3-4,6H,5,7H2,1-2H3. The second kappa shape index (κ2) is 5.83. The predicted molar refractivity (Wildman–Crippen MR) is 74.4 cm³/mol. The zero-order valence-electron chi connectivity index (χ0n) is 11.1. The molecule has 1 aromatic carbocycles. The van der Waals surface area contributed by atoms with E-state index in [0.717, 1.165) is 21.9 Å². The molecule has 20 heavy (non-hydrogen) atoms. The lowest BCUT2D eigenvalue weighted by molar-refractivity contribution is -0.117. The topological polar surface area (TPSA) is 34.9 Å². The number of halogens is 3. The number of nitrogens with zero attached hydrogens (tertiary/aromatic N) is 2. The Balaban J connectivity index is 2.13. The summed E-state index contributed by atoms with van der Waals surface area (Å²) in [6.45, 7) is 1.83. The third-order valence-electron chi connectivity index (χ3n) is 2.95. The van der Waals surface area contributed by atoms with Crippen LogP contribution in [0, 0.1) is 18.6 Å². The highest BCUT2D eigenvalue weighted by atomic mass is 79.9. The summed E-state index contributed by atoms with van der Waals surface area (Å²) in [6, 6.07) is 3.13. The van der Waals surface area contributed by atoms with Gasteiger partial charge < -0.3 is 0 Å². The van der Waals surface area contributed by atoms with Gasteiger partial charge in [0.05, 0.1) is 15.9 Å². The number of aromatic nitrogens is 2. The highest BCUT2D eigenvalue weighted by Crippen LogP contribution is 2.21. The Morgan fingerprint density at radius 2 is 1.85 bits per heavy atom. The minimum Gasteiger partial charge on any atom is -0.299 e. The Labute approximate surface area is 123 Å². The molecule has 1 aromatic heterocycles. The summed E-state index contributed by atoms with van der Waals surface area (Å²) in [4.78, 5) is 12.0. The smallest absolute Gasteiger partial charge is 0.143 e. The number of ketones is 1. The fourth-order valence-corrected chi connectivity index (χ4v) is 2.54. The number of hydrogen-bond donors (Lipinski definition) is 0. The van der Waals surface area contributed by atoms with Crippen LogP contribution in [0.25, 0.3) is 0 Å². The van der Waals surface area contributed by atoms with Crippen LogP contribution in [-0.2, 0) is 24.7 Å². The molecule has 0 fully saturated rings. The number of carbonyl (C=O) groups excluding carboxylic acids is 1. The zero-order valence-corrected chi connectivity index (χ0v) is 12.7. The lowest BCUT2D eigenvalue weighted by Gasteiger charge is -2.04. The van der Waals surface area contributed by atoms with E-state index in [0.29, 0.717) is 5.56 Å². The van der Waals surface area contributed by atoms with Crippen molar-refractivity contribution in [1.29, 1.82) is 0 Å². The maximum absolute atomic E-state index is 13.1. The molecule has 0 spiro atoms. The Kier molecular flexibility index (Phi) is 4.32. The summed E-state index contributed by atoms with van der Waals surface area (Å²) in [5.41, 5.74) is 1.89. The largest absolute Gasteiger partial charge is 0.299 e. The van der Waals surface area contributed by atoms with Crippen molar-refractivity contribution in [1.82, 2.24) is 9.78 Å². The van der Waals surface area contributed by atoms with E-state index in [1.807, 2.05) is 6.92 Å². The zero-order chi connectivity index (χ0) is 14.9. The van der Waals surface area contributed by atoms with Crippen molar-refractivity contribution in [2.24, 2.45) is 7.05 Å². The predicted octanol–water partition coefficient (Wildman–Crippen LogP) is 3.12. The molecule has 2 rings (SSSR count). The molecule has 0 atom stereocenters. The van der Waals surface area contributed by atoms with E-state index in [1.165, 1.54) is 12.1 Å². The van der Waals surface area contributed by atoms with Crippen LogP contribution in [0.5, 0.6) is 0 Å². The van der Waals surface area contributed by atoms with Gasteiger partial charge >= 0.3 is 0 Å². The molecule has 0 amide bonds. The second-order valence-corrected chi connectivity index (χ2v) is 5.43. The molecule has 0 bridgehead atoms. The molecule has 1 heterocycles. The highest BCUT2D eigenvalue weighted by molar-refractivity contribution is 9.10. The first-order valence-corrected chi connectivity index (χ1v) is 6.80. The van der Waals surface area contributed by atoms with Crippen LogP contribution in [0.1, 0.15) is 17.0 Å². The van der Waals surface area contributed by atoms with Crippen molar-refractivity contribution in [3.8, 4) is 0 Å². The lowest BCUT2D eigenvalue weighted by Crippen LogP contribution is -2.11. The van der Waals surface area contributed by atoms with Crippen LogP contribution in [0.2, 0.25) is 0 Å². The van der Waals surface area contributed by atoms with Crippen LogP contribution in [-0.4, -0.2) is 15.6 Å². The van der Waals surface area contributed by atoms with Crippen molar-refractivity contribution in [3.05, 3.63) is 51.3 Å². The van der Waals surface area contributed by atoms with E-state index in [9.17, 15) is 13.6 Å². The Bertz CT molecular complexity index is 647. The van der Waals surface area contributed by atoms with Crippen LogP contribution < -0.4 is 0 Å². The summed E-state index contributed by atoms with van der Waals surface area (Å²) in [6.07, 6.45) is 0.154. The Morgan fingerprint density at radius 3 is 2.35 bits per heavy atom. The van der Waals surface area contributed by atoms with Gasteiger partial charge in [0.25, 0.3) is 0 Å². The minimum absolute atomic E-state index is 0.00858. The molecule has 0 aliphatic carbocycles. The molecule has 6 heteroatoms. The first-order chi connectivity index (χ1) is 9.36. The number of Topliss-reactive ketones (excluding diaryl/α,β-unsaturated/α-hetero) is 1. The Morgan fingerprint density at radius 1 is 1.25 bits per heavy atom. The normalized spacial score (nSPS) is 10.8. The molecule has 0 unspecified atom stereocenters. The first-order valence-electron chi connectivity index (χ1n) is 6.01. The SMILES string of the molecule is Cc1nn(C)c(CC(=O)Cc2cc(F)cc(F)c2)c1Br. The third-order valence-corrected chi connectivity index (χ3v) is 3.98. The molecular weight excluding hydrogens is 330 g/mol. The molecular formula is C14H13BrF2N2O. The number of aryl methyl sites for hydroxylation is 2. The maximum atomic E-state index is 13.1. The molecule has 2 aromatic rings. The lowest BCUT2D eigenvalue weighted by atomic mass is 10.1. The quantitative estimate of drug-likeness (QED) is 0.855. The molecule has 3 nitrogen and oxygen atoms in total.